The van der Waals surface area contributed by atoms with Gasteiger partial charge in [-0.05, 0) is 39.0 Å². The van der Waals surface area contributed by atoms with Gasteiger partial charge in [-0.2, -0.15) is 0 Å². The fourth-order valence-corrected chi connectivity index (χ4v) is 1.39. The number of carbonyl (C=O) groups is 2. The van der Waals surface area contributed by atoms with Crippen LogP contribution in [-0.4, -0.2) is 36.2 Å². The Hall–Kier alpha value is -2.24. The molecule has 1 rings (SSSR count). The predicted octanol–water partition coefficient (Wildman–Crippen LogP) is 2.11. The molecule has 0 saturated carbocycles. The number of amides is 1. The fraction of sp³-hybridized carbons (Fsp3) is 0.429. The van der Waals surface area contributed by atoms with Gasteiger partial charge in [0.05, 0.1) is 12.1 Å². The van der Waals surface area contributed by atoms with Crippen LogP contribution in [0, 0.1) is 0 Å². The molecular weight excluding hydrogens is 262 g/mol. The van der Waals surface area contributed by atoms with Crippen LogP contribution in [0.1, 0.15) is 31.1 Å². The van der Waals surface area contributed by atoms with E-state index in [9.17, 15) is 14.7 Å². The van der Waals surface area contributed by atoms with Gasteiger partial charge in [0.1, 0.15) is 23.7 Å². The van der Waals surface area contributed by atoms with Crippen LogP contribution in [0.4, 0.5) is 4.79 Å². The van der Waals surface area contributed by atoms with Crippen molar-refractivity contribution < 1.29 is 24.2 Å². The summed E-state index contributed by atoms with van der Waals surface area (Å²) in [6.07, 6.45) is 0.0681. The van der Waals surface area contributed by atoms with Gasteiger partial charge >= 0.3 is 6.09 Å². The van der Waals surface area contributed by atoms with Gasteiger partial charge in [0.25, 0.3) is 0 Å². The highest BCUT2D eigenvalue weighted by Gasteiger charge is 2.15. The summed E-state index contributed by atoms with van der Waals surface area (Å²) in [5, 5.41) is 11.8. The number of alkyl carbamates (subject to hydrolysis) is 1. The summed E-state index contributed by atoms with van der Waals surface area (Å²) in [7, 11) is 0. The van der Waals surface area contributed by atoms with Crippen LogP contribution in [-0.2, 0) is 4.74 Å². The Kier molecular flexibility index (Phi) is 5.37. The second-order valence-corrected chi connectivity index (χ2v) is 5.12. The molecule has 0 heterocycles. The van der Waals surface area contributed by atoms with Crippen molar-refractivity contribution in [3.8, 4) is 11.5 Å². The summed E-state index contributed by atoms with van der Waals surface area (Å²) < 4.78 is 10.4. The van der Waals surface area contributed by atoms with E-state index in [4.69, 9.17) is 9.47 Å². The smallest absolute Gasteiger partial charge is 0.407 e. The Bertz CT molecular complexity index is 479. The molecule has 1 aromatic carbocycles. The number of carbonyl (C=O) groups excluding carboxylic acids is 2. The third-order valence-electron chi connectivity index (χ3n) is 2.15. The molecule has 0 atom stereocenters. The Morgan fingerprint density at radius 2 is 2.10 bits per heavy atom. The van der Waals surface area contributed by atoms with E-state index in [1.165, 1.54) is 18.2 Å². The number of phenolic OH excluding ortho intramolecular Hbond substituents is 1. The first kappa shape index (κ1) is 15.8. The Labute approximate surface area is 117 Å². The number of aromatic hydroxyl groups is 1. The zero-order chi connectivity index (χ0) is 15.2. The van der Waals surface area contributed by atoms with E-state index < -0.39 is 11.7 Å². The van der Waals surface area contributed by atoms with E-state index in [1.54, 1.807) is 20.8 Å². The van der Waals surface area contributed by atoms with Crippen molar-refractivity contribution in [1.82, 2.24) is 5.32 Å². The molecule has 0 radical (unpaired) electrons. The van der Waals surface area contributed by atoms with Crippen molar-refractivity contribution in [3.05, 3.63) is 23.8 Å². The number of hydrogen-bond acceptors (Lipinski definition) is 5. The molecule has 0 fully saturated rings. The SMILES string of the molecule is CC(C)(C)OC(=O)NCCOc1ccc(O)cc1C=O. The first-order valence-electron chi connectivity index (χ1n) is 6.19. The molecule has 0 unspecified atom stereocenters. The number of phenols is 1. The first-order valence-corrected chi connectivity index (χ1v) is 6.19. The number of rotatable bonds is 5. The van der Waals surface area contributed by atoms with Gasteiger partial charge in [-0.3, -0.25) is 4.79 Å². The van der Waals surface area contributed by atoms with Crippen LogP contribution in [0.25, 0.3) is 0 Å². The van der Waals surface area contributed by atoms with Gasteiger partial charge in [-0.15, -0.1) is 0 Å². The minimum Gasteiger partial charge on any atom is -0.508 e. The third kappa shape index (κ3) is 5.60. The van der Waals surface area contributed by atoms with Gasteiger partial charge in [0.15, 0.2) is 6.29 Å². The summed E-state index contributed by atoms with van der Waals surface area (Å²) in [6.45, 7) is 5.75. The minimum absolute atomic E-state index is 0.00803. The zero-order valence-electron chi connectivity index (χ0n) is 11.8. The molecule has 0 saturated heterocycles. The topological polar surface area (TPSA) is 84.9 Å². The second kappa shape index (κ2) is 6.79. The molecular formula is C14H19NO5. The van der Waals surface area contributed by atoms with Gasteiger partial charge in [0, 0.05) is 0 Å². The van der Waals surface area contributed by atoms with E-state index in [2.05, 4.69) is 5.32 Å². The van der Waals surface area contributed by atoms with Crippen molar-refractivity contribution in [3.63, 3.8) is 0 Å². The zero-order valence-corrected chi connectivity index (χ0v) is 11.8. The first-order chi connectivity index (χ1) is 9.31. The lowest BCUT2D eigenvalue weighted by Gasteiger charge is -2.19. The van der Waals surface area contributed by atoms with Crippen LogP contribution in [0.5, 0.6) is 11.5 Å². The van der Waals surface area contributed by atoms with Crippen molar-refractivity contribution in [2.24, 2.45) is 0 Å². The molecule has 1 amide bonds. The highest BCUT2D eigenvalue weighted by Crippen LogP contribution is 2.21. The molecule has 0 aliphatic carbocycles. The third-order valence-corrected chi connectivity index (χ3v) is 2.15. The fourth-order valence-electron chi connectivity index (χ4n) is 1.39. The number of hydrogen-bond donors (Lipinski definition) is 2. The molecule has 110 valence electrons. The molecule has 0 spiro atoms. The maximum Gasteiger partial charge on any atom is 0.407 e. The highest BCUT2D eigenvalue weighted by atomic mass is 16.6. The Balaban J connectivity index is 2.38. The molecule has 2 N–H and O–H groups in total. The Morgan fingerprint density at radius 3 is 2.70 bits per heavy atom. The predicted molar refractivity (Wildman–Crippen MR) is 73.2 cm³/mol. The number of nitrogens with one attached hydrogen (secondary N) is 1. The van der Waals surface area contributed by atoms with Crippen LogP contribution in [0.3, 0.4) is 0 Å². The molecule has 6 heteroatoms. The molecule has 0 aromatic heterocycles. The van der Waals surface area contributed by atoms with Crippen LogP contribution < -0.4 is 10.1 Å². The Morgan fingerprint density at radius 1 is 1.40 bits per heavy atom. The lowest BCUT2D eigenvalue weighted by molar-refractivity contribution is 0.0520. The average molecular weight is 281 g/mol. The maximum atomic E-state index is 11.4. The summed E-state index contributed by atoms with van der Waals surface area (Å²) in [4.78, 5) is 22.2. The van der Waals surface area contributed by atoms with Gasteiger partial charge < -0.3 is 19.9 Å². The summed E-state index contributed by atoms with van der Waals surface area (Å²) in [5.74, 6) is 0.343. The number of benzene rings is 1. The van der Waals surface area contributed by atoms with Crippen molar-refractivity contribution in [2.45, 2.75) is 26.4 Å². The van der Waals surface area contributed by atoms with E-state index >= 15 is 0 Å². The molecule has 20 heavy (non-hydrogen) atoms. The van der Waals surface area contributed by atoms with Crippen molar-refractivity contribution in [2.75, 3.05) is 13.2 Å². The average Bonchev–Trinajstić information content (AvgIpc) is 2.33. The van der Waals surface area contributed by atoms with Crippen LogP contribution >= 0.6 is 0 Å². The summed E-state index contributed by atoms with van der Waals surface area (Å²) in [6, 6.07) is 4.22. The van der Waals surface area contributed by atoms with Crippen molar-refractivity contribution in [1.29, 1.82) is 0 Å². The van der Waals surface area contributed by atoms with Crippen LogP contribution in [0.2, 0.25) is 0 Å². The normalized spacial score (nSPS) is 10.8. The monoisotopic (exact) mass is 281 g/mol. The highest BCUT2D eigenvalue weighted by molar-refractivity contribution is 5.80. The summed E-state index contributed by atoms with van der Waals surface area (Å²) in [5.41, 5.74) is -0.297. The molecule has 1 aromatic rings. The van der Waals surface area contributed by atoms with Crippen LogP contribution in [0.15, 0.2) is 18.2 Å². The quantitative estimate of drug-likeness (QED) is 0.638. The standard InChI is InChI=1S/C14H19NO5/c1-14(2,3)20-13(18)15-6-7-19-12-5-4-11(17)8-10(12)9-16/h4-5,8-9,17H,6-7H2,1-3H3,(H,15,18). The van der Waals surface area contributed by atoms with E-state index in [-0.39, 0.29) is 24.5 Å². The van der Waals surface area contributed by atoms with E-state index in [0.717, 1.165) is 0 Å². The van der Waals surface area contributed by atoms with Gasteiger partial charge in [-0.25, -0.2) is 4.79 Å². The molecule has 6 nitrogen and oxygen atoms in total. The lowest BCUT2D eigenvalue weighted by atomic mass is 10.2. The van der Waals surface area contributed by atoms with E-state index in [0.29, 0.717) is 12.0 Å². The largest absolute Gasteiger partial charge is 0.508 e. The van der Waals surface area contributed by atoms with E-state index in [1.807, 2.05) is 0 Å². The molecule has 0 bridgehead atoms. The number of aldehydes is 1. The maximum absolute atomic E-state index is 11.4. The van der Waals surface area contributed by atoms with Crippen molar-refractivity contribution >= 4 is 12.4 Å². The number of ether oxygens (including phenoxy) is 2. The van der Waals surface area contributed by atoms with Gasteiger partial charge in [-0.1, -0.05) is 0 Å². The second-order valence-electron chi connectivity index (χ2n) is 5.12. The molecule has 0 aliphatic heterocycles. The van der Waals surface area contributed by atoms with Gasteiger partial charge in [0.2, 0.25) is 0 Å². The lowest BCUT2D eigenvalue weighted by Crippen LogP contribution is -2.34. The molecule has 0 aliphatic rings. The minimum atomic E-state index is -0.549. The summed E-state index contributed by atoms with van der Waals surface area (Å²) >= 11 is 0.